The van der Waals surface area contributed by atoms with Crippen LogP contribution in [0.2, 0.25) is 0 Å². The second kappa shape index (κ2) is 45.6. The number of esters is 3. The fourth-order valence-electron chi connectivity index (χ4n) is 7.00. The van der Waals surface area contributed by atoms with Crippen LogP contribution in [0.5, 0.6) is 0 Å². The Balaban J connectivity index is 4.06. The van der Waals surface area contributed by atoms with E-state index in [4.69, 9.17) is 14.2 Å². The molecule has 6 nitrogen and oxygen atoms in total. The lowest BCUT2D eigenvalue weighted by atomic mass is 10.0. The summed E-state index contributed by atoms with van der Waals surface area (Å²) in [7, 11) is 0. The molecule has 0 rings (SSSR count). The lowest BCUT2D eigenvalue weighted by Gasteiger charge is -2.18. The highest BCUT2D eigenvalue weighted by molar-refractivity contribution is 5.71. The summed E-state index contributed by atoms with van der Waals surface area (Å²) in [5, 5.41) is 0. The van der Waals surface area contributed by atoms with Crippen LogP contribution in [-0.4, -0.2) is 37.2 Å². The first-order valence-electron chi connectivity index (χ1n) is 24.3. The van der Waals surface area contributed by atoms with E-state index in [9.17, 15) is 14.4 Å². The van der Waals surface area contributed by atoms with E-state index in [1.807, 2.05) is 0 Å². The number of hydrogen-bond acceptors (Lipinski definition) is 6. The minimum Gasteiger partial charge on any atom is -0.462 e. The molecule has 56 heavy (non-hydrogen) atoms. The number of hydrogen-bond donors (Lipinski definition) is 0. The first-order chi connectivity index (χ1) is 27.5. The summed E-state index contributed by atoms with van der Waals surface area (Å²) in [4.78, 5) is 37.5. The van der Waals surface area contributed by atoms with Crippen molar-refractivity contribution in [1.29, 1.82) is 0 Å². The molecule has 0 saturated heterocycles. The number of rotatable bonds is 44. The molecule has 0 aromatic heterocycles. The van der Waals surface area contributed by atoms with E-state index < -0.39 is 6.10 Å². The van der Waals surface area contributed by atoms with Crippen LogP contribution in [0.4, 0.5) is 0 Å². The predicted molar refractivity (Wildman–Crippen MR) is 238 cm³/mol. The van der Waals surface area contributed by atoms with Gasteiger partial charge in [-0.15, -0.1) is 0 Å². The van der Waals surface area contributed by atoms with Crippen molar-refractivity contribution in [1.82, 2.24) is 0 Å². The van der Waals surface area contributed by atoms with Gasteiger partial charge in [-0.25, -0.2) is 0 Å². The lowest BCUT2D eigenvalue weighted by molar-refractivity contribution is -0.167. The summed E-state index contributed by atoms with van der Waals surface area (Å²) in [5.41, 5.74) is 0. The van der Waals surface area contributed by atoms with Gasteiger partial charge in [0.25, 0.3) is 0 Å². The van der Waals surface area contributed by atoms with Crippen molar-refractivity contribution in [2.75, 3.05) is 13.2 Å². The zero-order valence-electron chi connectivity index (χ0n) is 37.4. The summed E-state index contributed by atoms with van der Waals surface area (Å²) in [5.74, 6) is -0.877. The van der Waals surface area contributed by atoms with E-state index in [-0.39, 0.29) is 31.1 Å². The molecule has 0 spiro atoms. The third kappa shape index (κ3) is 43.0. The molecule has 1 unspecified atom stereocenters. The average molecular weight is 789 g/mol. The summed E-state index contributed by atoms with van der Waals surface area (Å²) in [6.45, 7) is 6.56. The molecule has 0 heterocycles. The molecule has 0 radical (unpaired) electrons. The zero-order valence-corrected chi connectivity index (χ0v) is 37.4. The van der Waals surface area contributed by atoms with Crippen molar-refractivity contribution >= 4 is 17.9 Å². The molecule has 0 aliphatic carbocycles. The molecule has 328 valence electrons. The smallest absolute Gasteiger partial charge is 0.306 e. The van der Waals surface area contributed by atoms with Crippen LogP contribution in [0, 0.1) is 0 Å². The summed E-state index contributed by atoms with van der Waals surface area (Å²) < 4.78 is 16.6. The minimum absolute atomic E-state index is 0.0692. The molecular formula is C50H92O6. The van der Waals surface area contributed by atoms with E-state index in [0.717, 1.165) is 64.2 Å². The SMILES string of the molecule is CCCCCCC/C=C\C/C=C\CCCCCCCCCCCCCC(=O)OCC(COC(=O)CCCCCCCC)OC(=O)CCCCCCCCCCC. The molecule has 0 aliphatic heterocycles. The van der Waals surface area contributed by atoms with Gasteiger partial charge >= 0.3 is 17.9 Å². The summed E-state index contributed by atoms with van der Waals surface area (Å²) in [6.07, 6.45) is 50.5. The van der Waals surface area contributed by atoms with E-state index in [2.05, 4.69) is 45.1 Å². The molecular weight excluding hydrogens is 697 g/mol. The second-order valence-corrected chi connectivity index (χ2v) is 16.4. The number of carbonyl (C=O) groups is 3. The van der Waals surface area contributed by atoms with Crippen molar-refractivity contribution in [2.45, 2.75) is 264 Å². The van der Waals surface area contributed by atoms with Gasteiger partial charge < -0.3 is 14.2 Å². The molecule has 0 amide bonds. The average Bonchev–Trinajstić information content (AvgIpc) is 3.19. The molecule has 0 fully saturated rings. The van der Waals surface area contributed by atoms with Gasteiger partial charge in [-0.2, -0.15) is 0 Å². The number of carbonyl (C=O) groups excluding carboxylic acids is 3. The van der Waals surface area contributed by atoms with E-state index in [1.165, 1.54) is 154 Å². The molecule has 0 N–H and O–H groups in total. The Morgan fingerprint density at radius 3 is 0.982 bits per heavy atom. The van der Waals surface area contributed by atoms with Gasteiger partial charge in [0.2, 0.25) is 0 Å². The Morgan fingerprint density at radius 2 is 0.643 bits per heavy atom. The van der Waals surface area contributed by atoms with Crippen molar-refractivity contribution in [3.05, 3.63) is 24.3 Å². The molecule has 1 atom stereocenters. The highest BCUT2D eigenvalue weighted by atomic mass is 16.6. The van der Waals surface area contributed by atoms with Crippen LogP contribution < -0.4 is 0 Å². The molecule has 0 aliphatic rings. The van der Waals surface area contributed by atoms with Gasteiger partial charge in [-0.1, -0.05) is 212 Å². The van der Waals surface area contributed by atoms with Crippen LogP contribution in [-0.2, 0) is 28.6 Å². The van der Waals surface area contributed by atoms with Crippen LogP contribution in [0.3, 0.4) is 0 Å². The maximum atomic E-state index is 12.6. The third-order valence-electron chi connectivity index (χ3n) is 10.7. The zero-order chi connectivity index (χ0) is 40.8. The fraction of sp³-hybridized carbons (Fsp3) is 0.860. The highest BCUT2D eigenvalue weighted by Gasteiger charge is 2.19. The first kappa shape index (κ1) is 53.9. The van der Waals surface area contributed by atoms with E-state index in [1.54, 1.807) is 0 Å². The van der Waals surface area contributed by atoms with Crippen molar-refractivity contribution < 1.29 is 28.6 Å². The highest BCUT2D eigenvalue weighted by Crippen LogP contribution is 2.15. The lowest BCUT2D eigenvalue weighted by Crippen LogP contribution is -2.30. The Morgan fingerprint density at radius 1 is 0.357 bits per heavy atom. The number of allylic oxidation sites excluding steroid dienone is 4. The topological polar surface area (TPSA) is 78.9 Å². The van der Waals surface area contributed by atoms with Gasteiger partial charge in [-0.05, 0) is 51.4 Å². The normalized spacial score (nSPS) is 12.1. The van der Waals surface area contributed by atoms with Gasteiger partial charge in [0.1, 0.15) is 13.2 Å². The minimum atomic E-state index is -0.762. The molecule has 0 saturated carbocycles. The van der Waals surface area contributed by atoms with E-state index >= 15 is 0 Å². The monoisotopic (exact) mass is 789 g/mol. The van der Waals surface area contributed by atoms with Crippen molar-refractivity contribution in [3.63, 3.8) is 0 Å². The fourth-order valence-corrected chi connectivity index (χ4v) is 7.00. The predicted octanol–water partition coefficient (Wildman–Crippen LogP) is 15.6. The maximum Gasteiger partial charge on any atom is 0.306 e. The van der Waals surface area contributed by atoms with Crippen LogP contribution in [0.25, 0.3) is 0 Å². The second-order valence-electron chi connectivity index (χ2n) is 16.4. The quantitative estimate of drug-likeness (QED) is 0.0265. The van der Waals surface area contributed by atoms with Gasteiger partial charge in [0, 0.05) is 19.3 Å². The van der Waals surface area contributed by atoms with Crippen LogP contribution in [0.1, 0.15) is 258 Å². The molecule has 0 aromatic carbocycles. The molecule has 0 bridgehead atoms. The Kier molecular flexibility index (Phi) is 43.9. The van der Waals surface area contributed by atoms with Crippen LogP contribution in [0.15, 0.2) is 24.3 Å². The Hall–Kier alpha value is -2.11. The summed E-state index contributed by atoms with van der Waals surface area (Å²) >= 11 is 0. The van der Waals surface area contributed by atoms with Gasteiger partial charge in [-0.3, -0.25) is 14.4 Å². The Bertz CT molecular complexity index is 911. The van der Waals surface area contributed by atoms with Crippen molar-refractivity contribution in [2.24, 2.45) is 0 Å². The molecule has 6 heteroatoms. The van der Waals surface area contributed by atoms with Crippen LogP contribution >= 0.6 is 0 Å². The molecule has 0 aromatic rings. The summed E-state index contributed by atoms with van der Waals surface area (Å²) in [6, 6.07) is 0. The maximum absolute atomic E-state index is 12.6. The third-order valence-corrected chi connectivity index (χ3v) is 10.7. The van der Waals surface area contributed by atoms with E-state index in [0.29, 0.717) is 19.3 Å². The first-order valence-corrected chi connectivity index (χ1v) is 24.3. The standard InChI is InChI=1S/C50H92O6/c1-4-7-10-13-16-18-19-20-21-22-23-24-25-26-27-28-29-30-31-33-34-37-40-43-49(52)55-46-47(45-54-48(51)42-39-36-15-12-9-6-3)56-50(53)44-41-38-35-32-17-14-11-8-5-2/h19-20,22-23,47H,4-18,21,24-46H2,1-3H3/b20-19-,23-22-. The Labute approximate surface area is 347 Å². The van der Waals surface area contributed by atoms with Gasteiger partial charge in [0.05, 0.1) is 0 Å². The number of ether oxygens (including phenoxy) is 3. The largest absolute Gasteiger partial charge is 0.462 e. The van der Waals surface area contributed by atoms with Gasteiger partial charge in [0.15, 0.2) is 6.10 Å². The number of unbranched alkanes of at least 4 members (excludes halogenated alkanes) is 29. The van der Waals surface area contributed by atoms with Crippen molar-refractivity contribution in [3.8, 4) is 0 Å².